The number of aromatic nitrogens is 2. The molecular weight excluding hydrogens is 225 g/mol. The second kappa shape index (κ2) is 3.51. The third-order valence-electron chi connectivity index (χ3n) is 1.83. The van der Waals surface area contributed by atoms with E-state index in [0.29, 0.717) is 11.0 Å². The van der Waals surface area contributed by atoms with Gasteiger partial charge in [-0.05, 0) is 18.2 Å². The monoisotopic (exact) mass is 230 g/mol. The van der Waals surface area contributed by atoms with E-state index in [1.54, 1.807) is 0 Å². The van der Waals surface area contributed by atoms with Crippen LogP contribution in [0.2, 0.25) is 0 Å². The van der Waals surface area contributed by atoms with Crippen LogP contribution < -0.4 is 4.84 Å². The maximum atomic E-state index is 11.9. The lowest BCUT2D eigenvalue weighted by Crippen LogP contribution is -2.32. The summed E-state index contributed by atoms with van der Waals surface area (Å²) >= 11 is 0. The summed E-state index contributed by atoms with van der Waals surface area (Å²) < 4.78 is 36.5. The molecule has 0 saturated carbocycles. The molecule has 7 heteroatoms. The Morgan fingerprint density at radius 2 is 2.12 bits per heavy atom. The van der Waals surface area contributed by atoms with E-state index < -0.39 is 12.1 Å². The highest BCUT2D eigenvalue weighted by molar-refractivity contribution is 5.79. The van der Waals surface area contributed by atoms with Gasteiger partial charge in [-0.1, -0.05) is 0 Å². The van der Waals surface area contributed by atoms with Crippen molar-refractivity contribution in [1.29, 1.82) is 0 Å². The molecule has 0 N–H and O–H groups in total. The second-order valence-corrected chi connectivity index (χ2v) is 2.93. The minimum Gasteiger partial charge on any atom is -0.328 e. The molecule has 0 aromatic carbocycles. The van der Waals surface area contributed by atoms with Crippen LogP contribution in [-0.2, 0) is 4.79 Å². The van der Waals surface area contributed by atoms with Crippen LogP contribution in [0.25, 0.3) is 11.0 Å². The minimum atomic E-state index is -5.02. The van der Waals surface area contributed by atoms with Gasteiger partial charge in [0.2, 0.25) is 0 Å². The molecule has 2 aromatic heterocycles. The van der Waals surface area contributed by atoms with Crippen molar-refractivity contribution in [3.8, 4) is 0 Å². The Morgan fingerprint density at radius 1 is 1.38 bits per heavy atom. The molecule has 0 fully saturated rings. The summed E-state index contributed by atoms with van der Waals surface area (Å²) in [6.45, 7) is 0. The molecule has 0 amide bonds. The minimum absolute atomic E-state index is 0.292. The fraction of sp³-hybridized carbons (Fsp3) is 0.111. The van der Waals surface area contributed by atoms with Crippen molar-refractivity contribution in [2.75, 3.05) is 0 Å². The topological polar surface area (TPSA) is 44.1 Å². The molecule has 0 saturated heterocycles. The number of hydrogen-bond acceptors (Lipinski definition) is 3. The average molecular weight is 230 g/mol. The molecule has 0 aliphatic rings. The zero-order valence-electron chi connectivity index (χ0n) is 7.73. The molecule has 16 heavy (non-hydrogen) atoms. The summed E-state index contributed by atoms with van der Waals surface area (Å²) in [6, 6.07) is 4.46. The number of rotatable bonds is 1. The van der Waals surface area contributed by atoms with E-state index in [0.717, 1.165) is 4.73 Å². The number of carbonyl (C=O) groups is 1. The third-order valence-corrected chi connectivity index (χ3v) is 1.83. The predicted molar refractivity (Wildman–Crippen MR) is 47.4 cm³/mol. The van der Waals surface area contributed by atoms with Gasteiger partial charge in [0.25, 0.3) is 0 Å². The van der Waals surface area contributed by atoms with Crippen molar-refractivity contribution in [3.05, 3.63) is 30.6 Å². The Morgan fingerprint density at radius 3 is 2.81 bits per heavy atom. The van der Waals surface area contributed by atoms with E-state index >= 15 is 0 Å². The number of nitrogens with zero attached hydrogens (tertiary/aromatic N) is 2. The lowest BCUT2D eigenvalue weighted by Gasteiger charge is -2.07. The Labute approximate surface area is 87.2 Å². The smallest absolute Gasteiger partial charge is 0.328 e. The molecular formula is C9H5F3N2O2. The van der Waals surface area contributed by atoms with Gasteiger partial charge in [0.1, 0.15) is 5.52 Å². The average Bonchev–Trinajstić information content (AvgIpc) is 2.61. The molecule has 2 aromatic rings. The summed E-state index contributed by atoms with van der Waals surface area (Å²) in [4.78, 5) is 18.6. The first-order valence-corrected chi connectivity index (χ1v) is 4.20. The molecule has 0 aliphatic carbocycles. The Balaban J connectivity index is 2.32. The van der Waals surface area contributed by atoms with Crippen LogP contribution >= 0.6 is 0 Å². The van der Waals surface area contributed by atoms with Gasteiger partial charge < -0.3 is 4.84 Å². The van der Waals surface area contributed by atoms with Crippen molar-refractivity contribution in [1.82, 2.24) is 9.71 Å². The van der Waals surface area contributed by atoms with Crippen molar-refractivity contribution in [2.24, 2.45) is 0 Å². The summed E-state index contributed by atoms with van der Waals surface area (Å²) in [7, 11) is 0. The van der Waals surface area contributed by atoms with Crippen LogP contribution in [0.5, 0.6) is 0 Å². The number of pyridine rings is 1. The van der Waals surface area contributed by atoms with E-state index in [2.05, 4.69) is 9.82 Å². The van der Waals surface area contributed by atoms with Crippen LogP contribution in [0, 0.1) is 0 Å². The second-order valence-electron chi connectivity index (χ2n) is 2.93. The van der Waals surface area contributed by atoms with Gasteiger partial charge in [0.05, 0.1) is 5.52 Å². The first-order chi connectivity index (χ1) is 7.48. The van der Waals surface area contributed by atoms with Gasteiger partial charge in [-0.3, -0.25) is 4.98 Å². The quantitative estimate of drug-likeness (QED) is 0.746. The van der Waals surface area contributed by atoms with E-state index in [4.69, 9.17) is 0 Å². The van der Waals surface area contributed by atoms with Crippen LogP contribution in [0.15, 0.2) is 30.6 Å². The molecule has 4 nitrogen and oxygen atoms in total. The Bertz CT molecular complexity index is 533. The number of hydrogen-bond donors (Lipinski definition) is 0. The Hall–Kier alpha value is -2.05. The molecule has 0 spiro atoms. The van der Waals surface area contributed by atoms with Gasteiger partial charge in [-0.15, -0.1) is 0 Å². The highest BCUT2D eigenvalue weighted by atomic mass is 19.4. The molecule has 2 rings (SSSR count). The summed E-state index contributed by atoms with van der Waals surface area (Å²) in [6.07, 6.45) is -2.33. The number of halogens is 3. The maximum absolute atomic E-state index is 11.9. The maximum Gasteiger partial charge on any atom is 0.493 e. The SMILES string of the molecule is O=C(On1ccc2ncccc21)C(F)(F)F. The first kappa shape index (κ1) is 10.5. The Kier molecular flexibility index (Phi) is 2.30. The molecule has 0 bridgehead atoms. The number of alkyl halides is 3. The molecule has 0 unspecified atom stereocenters. The van der Waals surface area contributed by atoms with Crippen molar-refractivity contribution >= 4 is 17.0 Å². The van der Waals surface area contributed by atoms with E-state index in [9.17, 15) is 18.0 Å². The van der Waals surface area contributed by atoms with E-state index in [-0.39, 0.29) is 0 Å². The van der Waals surface area contributed by atoms with Gasteiger partial charge >= 0.3 is 12.1 Å². The lowest BCUT2D eigenvalue weighted by molar-refractivity contribution is -0.199. The van der Waals surface area contributed by atoms with Gasteiger partial charge in [-0.25, -0.2) is 4.79 Å². The van der Waals surface area contributed by atoms with Crippen LogP contribution in [0.4, 0.5) is 13.2 Å². The highest BCUT2D eigenvalue weighted by Gasteiger charge is 2.42. The highest BCUT2D eigenvalue weighted by Crippen LogP contribution is 2.17. The van der Waals surface area contributed by atoms with Crippen LogP contribution in [0.1, 0.15) is 0 Å². The largest absolute Gasteiger partial charge is 0.493 e. The summed E-state index contributed by atoms with van der Waals surface area (Å²) in [5.41, 5.74) is 0.734. The standard InChI is InChI=1S/C9H5F3N2O2/c10-9(11,12)8(15)16-14-5-3-6-7(14)2-1-4-13-6/h1-5H. The predicted octanol–water partition coefficient (Wildman–Crippen LogP) is 1.55. The fourth-order valence-electron chi connectivity index (χ4n) is 1.16. The van der Waals surface area contributed by atoms with E-state index in [1.807, 2.05) is 0 Å². The zero-order chi connectivity index (χ0) is 11.8. The van der Waals surface area contributed by atoms with Crippen molar-refractivity contribution in [3.63, 3.8) is 0 Å². The normalized spacial score (nSPS) is 11.7. The van der Waals surface area contributed by atoms with Crippen LogP contribution in [-0.4, -0.2) is 21.9 Å². The summed E-state index contributed by atoms with van der Waals surface area (Å²) in [5.74, 6) is -2.27. The van der Waals surface area contributed by atoms with Crippen LogP contribution in [0.3, 0.4) is 0 Å². The van der Waals surface area contributed by atoms with E-state index in [1.165, 1.54) is 30.6 Å². The molecule has 0 aliphatic heterocycles. The molecule has 0 atom stereocenters. The third kappa shape index (κ3) is 1.83. The van der Waals surface area contributed by atoms with Gasteiger partial charge in [0.15, 0.2) is 0 Å². The van der Waals surface area contributed by atoms with Gasteiger partial charge in [-0.2, -0.15) is 17.9 Å². The summed E-state index contributed by atoms with van der Waals surface area (Å²) in [5, 5.41) is 0. The molecule has 0 radical (unpaired) electrons. The van der Waals surface area contributed by atoms with Gasteiger partial charge in [0, 0.05) is 12.4 Å². The number of carbonyl (C=O) groups excluding carboxylic acids is 1. The van der Waals surface area contributed by atoms with Crippen molar-refractivity contribution < 1.29 is 22.8 Å². The zero-order valence-corrected chi connectivity index (χ0v) is 7.73. The molecule has 84 valence electrons. The fourth-order valence-corrected chi connectivity index (χ4v) is 1.16. The molecule has 2 heterocycles. The number of fused-ring (bicyclic) bond motifs is 1. The first-order valence-electron chi connectivity index (χ1n) is 4.20. The van der Waals surface area contributed by atoms with Crippen molar-refractivity contribution in [2.45, 2.75) is 6.18 Å². The lowest BCUT2D eigenvalue weighted by atomic mass is 10.4.